The minimum Gasteiger partial charge on any atom is -0.418 e. The summed E-state index contributed by atoms with van der Waals surface area (Å²) < 4.78 is 18.0. The van der Waals surface area contributed by atoms with Gasteiger partial charge in [0.2, 0.25) is 0 Å². The Hall–Kier alpha value is -1.57. The maximum Gasteiger partial charge on any atom is 0.463 e. The van der Waals surface area contributed by atoms with Crippen LogP contribution in [0.25, 0.3) is 0 Å². The molecule has 2 aromatic carbocycles. The molecule has 0 atom stereocenters. The molecular formula is C32H51O3P. The van der Waals surface area contributed by atoms with Crippen molar-refractivity contribution in [3.63, 3.8) is 0 Å². The smallest absolute Gasteiger partial charge is 0.418 e. The molecule has 0 amide bonds. The van der Waals surface area contributed by atoms with E-state index in [2.05, 4.69) is 6.92 Å². The van der Waals surface area contributed by atoms with E-state index in [0.29, 0.717) is 6.61 Å². The predicted octanol–water partition coefficient (Wildman–Crippen LogP) is 11.4. The fraction of sp³-hybridized carbons (Fsp3) is 0.625. The lowest BCUT2D eigenvalue weighted by atomic mass is 10.0. The van der Waals surface area contributed by atoms with Gasteiger partial charge in [0.05, 0.1) is 6.61 Å². The van der Waals surface area contributed by atoms with Crippen molar-refractivity contribution in [3.05, 3.63) is 60.7 Å². The Bertz CT molecular complexity index is 668. The van der Waals surface area contributed by atoms with Gasteiger partial charge in [-0.2, -0.15) is 0 Å². The maximum atomic E-state index is 6.00. The minimum absolute atomic E-state index is 0.671. The lowest BCUT2D eigenvalue weighted by molar-refractivity contribution is 0.258. The zero-order valence-corrected chi connectivity index (χ0v) is 23.8. The third kappa shape index (κ3) is 17.0. The van der Waals surface area contributed by atoms with Crippen LogP contribution in [0.3, 0.4) is 0 Å². The summed E-state index contributed by atoms with van der Waals surface area (Å²) in [5, 5.41) is 0. The number of hydrogen-bond donors (Lipinski definition) is 0. The summed E-state index contributed by atoms with van der Waals surface area (Å²) in [7, 11) is -1.46. The van der Waals surface area contributed by atoms with Crippen LogP contribution in [0.15, 0.2) is 60.7 Å². The van der Waals surface area contributed by atoms with E-state index in [4.69, 9.17) is 13.6 Å². The Morgan fingerprint density at radius 1 is 0.444 bits per heavy atom. The quantitative estimate of drug-likeness (QED) is 0.103. The molecule has 2 rings (SSSR count). The van der Waals surface area contributed by atoms with E-state index in [-0.39, 0.29) is 0 Å². The van der Waals surface area contributed by atoms with Crippen molar-refractivity contribution in [2.75, 3.05) is 6.61 Å². The highest BCUT2D eigenvalue weighted by molar-refractivity contribution is 7.42. The monoisotopic (exact) mass is 514 g/mol. The van der Waals surface area contributed by atoms with Crippen LogP contribution in [0.1, 0.15) is 122 Å². The van der Waals surface area contributed by atoms with Crippen molar-refractivity contribution in [2.24, 2.45) is 0 Å². The molecule has 0 aliphatic rings. The summed E-state index contributed by atoms with van der Waals surface area (Å²) in [6.45, 7) is 2.96. The number of unbranched alkanes of at least 4 members (excludes halogenated alkanes) is 17. The second-order valence-electron chi connectivity index (χ2n) is 9.88. The van der Waals surface area contributed by atoms with Gasteiger partial charge in [-0.05, 0) is 30.7 Å². The van der Waals surface area contributed by atoms with Crippen LogP contribution in [0.2, 0.25) is 0 Å². The van der Waals surface area contributed by atoms with E-state index in [1.807, 2.05) is 60.7 Å². The van der Waals surface area contributed by atoms with E-state index in [1.165, 1.54) is 109 Å². The maximum absolute atomic E-state index is 6.00. The highest BCUT2D eigenvalue weighted by atomic mass is 31.2. The van der Waals surface area contributed by atoms with Gasteiger partial charge in [-0.25, -0.2) is 0 Å². The van der Waals surface area contributed by atoms with E-state index < -0.39 is 8.60 Å². The van der Waals surface area contributed by atoms with Crippen LogP contribution in [-0.4, -0.2) is 6.61 Å². The van der Waals surface area contributed by atoms with Gasteiger partial charge in [0.25, 0.3) is 0 Å². The first-order valence-corrected chi connectivity index (χ1v) is 15.9. The SMILES string of the molecule is CCCCCCCCCCCCCCCCCCCCOP(Oc1ccccc1)Oc1ccccc1. The average molecular weight is 515 g/mol. The molecule has 2 aromatic rings. The van der Waals surface area contributed by atoms with Crippen LogP contribution in [0, 0.1) is 0 Å². The summed E-state index contributed by atoms with van der Waals surface area (Å²) in [5.74, 6) is 1.55. The molecule has 202 valence electrons. The van der Waals surface area contributed by atoms with Gasteiger partial charge in [-0.15, -0.1) is 0 Å². The lowest BCUT2D eigenvalue weighted by Crippen LogP contribution is -2.01. The van der Waals surface area contributed by atoms with Gasteiger partial charge in [-0.3, -0.25) is 4.52 Å². The molecule has 3 nitrogen and oxygen atoms in total. The molecule has 0 aliphatic carbocycles. The highest BCUT2D eigenvalue weighted by Gasteiger charge is 2.16. The zero-order valence-electron chi connectivity index (χ0n) is 22.9. The van der Waals surface area contributed by atoms with Crippen LogP contribution >= 0.6 is 8.60 Å². The van der Waals surface area contributed by atoms with Crippen molar-refractivity contribution >= 4 is 8.60 Å². The third-order valence-corrected chi connectivity index (χ3v) is 7.65. The summed E-state index contributed by atoms with van der Waals surface area (Å²) in [6, 6.07) is 19.5. The zero-order chi connectivity index (χ0) is 25.4. The van der Waals surface area contributed by atoms with Gasteiger partial charge < -0.3 is 9.05 Å². The first kappa shape index (κ1) is 30.7. The largest absolute Gasteiger partial charge is 0.463 e. The molecule has 0 saturated carbocycles. The predicted molar refractivity (Wildman–Crippen MR) is 156 cm³/mol. The number of hydrogen-bond acceptors (Lipinski definition) is 3. The van der Waals surface area contributed by atoms with Crippen LogP contribution < -0.4 is 9.05 Å². The molecule has 0 radical (unpaired) electrons. The molecule has 0 heterocycles. The third-order valence-electron chi connectivity index (χ3n) is 6.54. The number of para-hydroxylation sites is 2. The molecule has 0 unspecified atom stereocenters. The van der Waals surface area contributed by atoms with Crippen molar-refractivity contribution in [3.8, 4) is 11.5 Å². The molecular weight excluding hydrogens is 463 g/mol. The fourth-order valence-corrected chi connectivity index (χ4v) is 5.36. The van der Waals surface area contributed by atoms with Gasteiger partial charge in [0.1, 0.15) is 11.5 Å². The van der Waals surface area contributed by atoms with E-state index in [0.717, 1.165) is 17.9 Å². The first-order chi connectivity index (χ1) is 17.9. The summed E-state index contributed by atoms with van der Waals surface area (Å²) in [4.78, 5) is 0. The van der Waals surface area contributed by atoms with Gasteiger partial charge in [0, 0.05) is 0 Å². The van der Waals surface area contributed by atoms with Gasteiger partial charge in [0.15, 0.2) is 0 Å². The first-order valence-electron chi connectivity index (χ1n) is 14.8. The summed E-state index contributed by atoms with van der Waals surface area (Å²) in [5.41, 5.74) is 0. The van der Waals surface area contributed by atoms with Crippen LogP contribution in [0.4, 0.5) is 0 Å². The van der Waals surface area contributed by atoms with Gasteiger partial charge in [-0.1, -0.05) is 152 Å². The molecule has 0 N–H and O–H groups in total. The molecule has 0 saturated heterocycles. The van der Waals surface area contributed by atoms with Crippen LogP contribution in [-0.2, 0) is 4.52 Å². The van der Waals surface area contributed by atoms with Crippen molar-refractivity contribution < 1.29 is 13.6 Å². The lowest BCUT2D eigenvalue weighted by Gasteiger charge is -2.17. The summed E-state index contributed by atoms with van der Waals surface area (Å²) in [6.07, 6.45) is 24.9. The molecule has 0 aromatic heterocycles. The molecule has 0 fully saturated rings. The second kappa shape index (κ2) is 22.6. The Morgan fingerprint density at radius 2 is 0.778 bits per heavy atom. The van der Waals surface area contributed by atoms with E-state index >= 15 is 0 Å². The molecule has 36 heavy (non-hydrogen) atoms. The van der Waals surface area contributed by atoms with Crippen molar-refractivity contribution in [1.29, 1.82) is 0 Å². The van der Waals surface area contributed by atoms with Crippen molar-refractivity contribution in [2.45, 2.75) is 122 Å². The normalized spacial score (nSPS) is 11.2. The highest BCUT2D eigenvalue weighted by Crippen LogP contribution is 2.41. The molecule has 0 bridgehead atoms. The Kier molecular flexibility index (Phi) is 19.3. The number of rotatable bonds is 24. The fourth-order valence-electron chi connectivity index (χ4n) is 4.35. The summed E-state index contributed by atoms with van der Waals surface area (Å²) >= 11 is 0. The topological polar surface area (TPSA) is 27.7 Å². The Labute approximate surface area is 223 Å². The number of benzene rings is 2. The van der Waals surface area contributed by atoms with Crippen LogP contribution in [0.5, 0.6) is 11.5 Å². The molecule has 0 spiro atoms. The standard InChI is InChI=1S/C32H51O3P/c1-2-3-4-5-6-7-8-9-10-11-12-13-14-15-16-17-18-25-30-33-36(34-31-26-21-19-22-27-31)35-32-28-23-20-24-29-32/h19-24,26-29H,2-18,25,30H2,1H3. The average Bonchev–Trinajstić information content (AvgIpc) is 2.91. The Morgan fingerprint density at radius 3 is 1.14 bits per heavy atom. The molecule has 0 aliphatic heterocycles. The van der Waals surface area contributed by atoms with Gasteiger partial charge >= 0.3 is 8.60 Å². The minimum atomic E-state index is -1.46. The molecule has 4 heteroatoms. The van der Waals surface area contributed by atoms with Crippen molar-refractivity contribution in [1.82, 2.24) is 0 Å². The Balaban J connectivity index is 1.40. The second-order valence-corrected chi connectivity index (χ2v) is 10.9. The van der Waals surface area contributed by atoms with E-state index in [1.54, 1.807) is 0 Å². The van der Waals surface area contributed by atoms with E-state index in [9.17, 15) is 0 Å².